The van der Waals surface area contributed by atoms with Gasteiger partial charge in [0.25, 0.3) is 0 Å². The number of aromatic nitrogens is 2. The van der Waals surface area contributed by atoms with Crippen molar-refractivity contribution in [3.05, 3.63) is 18.1 Å². The van der Waals surface area contributed by atoms with E-state index in [1.54, 1.807) is 0 Å². The molecule has 64 valence electrons. The van der Waals surface area contributed by atoms with Crippen LogP contribution >= 0.6 is 11.8 Å². The van der Waals surface area contributed by atoms with Crippen LogP contribution in [0.2, 0.25) is 0 Å². The highest BCUT2D eigenvalue weighted by atomic mass is 32.2. The molecule has 0 aliphatic heterocycles. The Bertz CT molecular complexity index is 292. The van der Waals surface area contributed by atoms with Gasteiger partial charge in [-0.25, -0.2) is 14.8 Å². The standard InChI is InChI=1S/C6H7N3O2S/c1-12-5-2-4(6(10)11-7)8-3-9-5/h2-3H,7H2,1H3. The van der Waals surface area contributed by atoms with Crippen molar-refractivity contribution in [2.45, 2.75) is 5.03 Å². The minimum Gasteiger partial charge on any atom is -0.368 e. The zero-order valence-corrected chi connectivity index (χ0v) is 7.17. The van der Waals surface area contributed by atoms with Gasteiger partial charge in [0.15, 0.2) is 5.69 Å². The number of carbonyl (C=O) groups excluding carboxylic acids is 1. The molecule has 0 fully saturated rings. The van der Waals surface area contributed by atoms with E-state index in [4.69, 9.17) is 0 Å². The normalized spacial score (nSPS) is 9.50. The number of nitrogens with zero attached hydrogens (tertiary/aromatic N) is 2. The lowest BCUT2D eigenvalue weighted by Gasteiger charge is -1.97. The minimum atomic E-state index is -0.660. The van der Waals surface area contributed by atoms with Crippen molar-refractivity contribution in [3.63, 3.8) is 0 Å². The largest absolute Gasteiger partial charge is 0.375 e. The number of hydrogen-bond acceptors (Lipinski definition) is 6. The first kappa shape index (κ1) is 8.95. The van der Waals surface area contributed by atoms with Crippen LogP contribution in [0.5, 0.6) is 0 Å². The fraction of sp³-hybridized carbons (Fsp3) is 0.167. The molecule has 1 aromatic heterocycles. The van der Waals surface area contributed by atoms with E-state index in [1.807, 2.05) is 6.26 Å². The van der Waals surface area contributed by atoms with Crippen LogP contribution < -0.4 is 5.90 Å². The molecular weight excluding hydrogens is 178 g/mol. The van der Waals surface area contributed by atoms with Gasteiger partial charge in [0.1, 0.15) is 6.33 Å². The smallest absolute Gasteiger partial charge is 0.368 e. The molecule has 0 bridgehead atoms. The minimum absolute atomic E-state index is 0.164. The van der Waals surface area contributed by atoms with Gasteiger partial charge in [0.05, 0.1) is 5.03 Å². The van der Waals surface area contributed by atoms with Gasteiger partial charge in [-0.15, -0.1) is 11.8 Å². The van der Waals surface area contributed by atoms with Gasteiger partial charge < -0.3 is 4.84 Å². The summed E-state index contributed by atoms with van der Waals surface area (Å²) in [5.41, 5.74) is 0.164. The van der Waals surface area contributed by atoms with Gasteiger partial charge in [0.2, 0.25) is 0 Å². The van der Waals surface area contributed by atoms with Crippen LogP contribution in [0.4, 0.5) is 0 Å². The zero-order valence-electron chi connectivity index (χ0n) is 6.35. The van der Waals surface area contributed by atoms with Crippen LogP contribution in [0.3, 0.4) is 0 Å². The van der Waals surface area contributed by atoms with E-state index in [9.17, 15) is 4.79 Å². The van der Waals surface area contributed by atoms with Crippen molar-refractivity contribution in [2.75, 3.05) is 6.26 Å². The summed E-state index contributed by atoms with van der Waals surface area (Å²) in [4.78, 5) is 22.4. The Labute approximate surface area is 73.3 Å². The van der Waals surface area contributed by atoms with E-state index >= 15 is 0 Å². The number of nitrogens with two attached hydrogens (primary N) is 1. The molecule has 0 atom stereocenters. The Morgan fingerprint density at radius 3 is 3.00 bits per heavy atom. The average molecular weight is 185 g/mol. The summed E-state index contributed by atoms with van der Waals surface area (Å²) in [5.74, 6) is 4.02. The van der Waals surface area contributed by atoms with Crippen molar-refractivity contribution < 1.29 is 9.63 Å². The van der Waals surface area contributed by atoms with E-state index < -0.39 is 5.97 Å². The Balaban J connectivity index is 2.93. The number of thioether (sulfide) groups is 1. The molecule has 0 amide bonds. The van der Waals surface area contributed by atoms with Crippen molar-refractivity contribution in [1.82, 2.24) is 9.97 Å². The molecule has 0 aliphatic carbocycles. The lowest BCUT2D eigenvalue weighted by molar-refractivity contribution is 0.0496. The predicted molar refractivity (Wildman–Crippen MR) is 43.4 cm³/mol. The van der Waals surface area contributed by atoms with Crippen LogP contribution in [-0.2, 0) is 4.84 Å². The molecular formula is C6H7N3O2S. The number of rotatable bonds is 2. The predicted octanol–water partition coefficient (Wildman–Crippen LogP) is 0.229. The molecule has 2 N–H and O–H groups in total. The van der Waals surface area contributed by atoms with E-state index in [1.165, 1.54) is 24.2 Å². The summed E-state index contributed by atoms with van der Waals surface area (Å²) in [6, 6.07) is 1.51. The first-order valence-corrected chi connectivity index (χ1v) is 4.27. The highest BCUT2D eigenvalue weighted by molar-refractivity contribution is 7.98. The van der Waals surface area contributed by atoms with E-state index in [0.29, 0.717) is 5.03 Å². The maximum absolute atomic E-state index is 10.8. The van der Waals surface area contributed by atoms with Gasteiger partial charge in [0, 0.05) is 6.07 Å². The fourth-order valence-electron chi connectivity index (χ4n) is 0.623. The van der Waals surface area contributed by atoms with E-state index in [0.717, 1.165) is 0 Å². The van der Waals surface area contributed by atoms with Crippen LogP contribution in [-0.4, -0.2) is 22.2 Å². The monoisotopic (exact) mass is 185 g/mol. The molecule has 0 saturated carbocycles. The summed E-state index contributed by atoms with van der Waals surface area (Å²) >= 11 is 1.41. The van der Waals surface area contributed by atoms with E-state index in [2.05, 4.69) is 20.7 Å². The first-order valence-electron chi connectivity index (χ1n) is 3.05. The van der Waals surface area contributed by atoms with Crippen molar-refractivity contribution in [3.8, 4) is 0 Å². The summed E-state index contributed by atoms with van der Waals surface area (Å²) in [5, 5.41) is 0.699. The second kappa shape index (κ2) is 4.03. The Hall–Kier alpha value is -1.14. The average Bonchev–Trinajstić information content (AvgIpc) is 2.17. The topological polar surface area (TPSA) is 78.1 Å². The highest BCUT2D eigenvalue weighted by Gasteiger charge is 2.07. The second-order valence-electron chi connectivity index (χ2n) is 1.85. The molecule has 1 aromatic rings. The molecule has 1 heterocycles. The lowest BCUT2D eigenvalue weighted by Crippen LogP contribution is -2.12. The van der Waals surface area contributed by atoms with Crippen molar-refractivity contribution in [2.24, 2.45) is 5.90 Å². The molecule has 0 spiro atoms. The molecule has 0 radical (unpaired) electrons. The molecule has 5 nitrogen and oxygen atoms in total. The summed E-state index contributed by atoms with van der Waals surface area (Å²) in [7, 11) is 0. The van der Waals surface area contributed by atoms with Gasteiger partial charge >= 0.3 is 5.97 Å². The Morgan fingerprint density at radius 2 is 2.42 bits per heavy atom. The zero-order chi connectivity index (χ0) is 8.97. The second-order valence-corrected chi connectivity index (χ2v) is 2.68. The molecule has 0 aromatic carbocycles. The van der Waals surface area contributed by atoms with Gasteiger partial charge in [-0.3, -0.25) is 0 Å². The SMILES string of the molecule is CSc1cc(C(=O)ON)ncn1. The van der Waals surface area contributed by atoms with Crippen molar-refractivity contribution in [1.29, 1.82) is 0 Å². The van der Waals surface area contributed by atoms with Crippen LogP contribution in [0, 0.1) is 0 Å². The Kier molecular flexibility index (Phi) is 3.01. The summed E-state index contributed by atoms with van der Waals surface area (Å²) in [6.07, 6.45) is 3.14. The Morgan fingerprint density at radius 1 is 1.67 bits per heavy atom. The third-order valence-electron chi connectivity index (χ3n) is 1.17. The third kappa shape index (κ3) is 1.93. The van der Waals surface area contributed by atoms with Gasteiger partial charge in [-0.05, 0) is 6.26 Å². The third-order valence-corrected chi connectivity index (χ3v) is 1.81. The first-order chi connectivity index (χ1) is 5.77. The highest BCUT2D eigenvalue weighted by Crippen LogP contribution is 2.10. The van der Waals surface area contributed by atoms with E-state index in [-0.39, 0.29) is 5.69 Å². The lowest BCUT2D eigenvalue weighted by atomic mass is 10.4. The maximum Gasteiger partial charge on any atom is 0.375 e. The summed E-state index contributed by atoms with van der Waals surface area (Å²) in [6.45, 7) is 0. The molecule has 0 unspecified atom stereocenters. The van der Waals surface area contributed by atoms with Crippen molar-refractivity contribution >= 4 is 17.7 Å². The molecule has 0 aliphatic rings. The van der Waals surface area contributed by atoms with Gasteiger partial charge in [-0.1, -0.05) is 0 Å². The molecule has 12 heavy (non-hydrogen) atoms. The van der Waals surface area contributed by atoms with Gasteiger partial charge in [-0.2, -0.15) is 5.90 Å². The molecule has 1 rings (SSSR count). The van der Waals surface area contributed by atoms with Crippen LogP contribution in [0.1, 0.15) is 10.5 Å². The number of carbonyl (C=O) groups is 1. The summed E-state index contributed by atoms with van der Waals surface area (Å²) < 4.78 is 0. The van der Waals surface area contributed by atoms with Crippen LogP contribution in [0.15, 0.2) is 17.4 Å². The van der Waals surface area contributed by atoms with Crippen LogP contribution in [0.25, 0.3) is 0 Å². The molecule has 6 heteroatoms. The maximum atomic E-state index is 10.8. The quantitative estimate of drug-likeness (QED) is 0.403. The molecule has 0 saturated heterocycles. The fourth-order valence-corrected chi connectivity index (χ4v) is 1.01. The number of hydrogen-bond donors (Lipinski definition) is 1.